The Morgan fingerprint density at radius 1 is 1.23 bits per heavy atom. The molecule has 3 aromatic rings. The van der Waals surface area contributed by atoms with Crippen LogP contribution in [0.2, 0.25) is 0 Å². The van der Waals surface area contributed by atoms with Gasteiger partial charge in [0, 0.05) is 12.1 Å². The van der Waals surface area contributed by atoms with Crippen molar-refractivity contribution in [3.8, 4) is 28.8 Å². The highest BCUT2D eigenvalue weighted by molar-refractivity contribution is 5.78. The fraction of sp³-hybridized carbons (Fsp3) is 0.333. The van der Waals surface area contributed by atoms with Crippen LogP contribution in [-0.2, 0) is 0 Å². The third kappa shape index (κ3) is 4.04. The summed E-state index contributed by atoms with van der Waals surface area (Å²) >= 11 is 0. The summed E-state index contributed by atoms with van der Waals surface area (Å²) in [6, 6.07) is 7.91. The minimum atomic E-state index is 0.0839. The maximum absolute atomic E-state index is 8.84. The van der Waals surface area contributed by atoms with Crippen molar-refractivity contribution in [3.05, 3.63) is 41.9 Å². The smallest absolute Gasteiger partial charge is 0.158 e. The van der Waals surface area contributed by atoms with Gasteiger partial charge in [-0.05, 0) is 37.8 Å². The fourth-order valence-electron chi connectivity index (χ4n) is 3.64. The Labute approximate surface area is 174 Å². The first kappa shape index (κ1) is 19.7. The highest BCUT2D eigenvalue weighted by atomic mass is 16.5. The number of nitriles is 1. The van der Waals surface area contributed by atoms with Gasteiger partial charge < -0.3 is 20.5 Å². The second-order valence-corrected chi connectivity index (χ2v) is 7.29. The SMILES string of the molecule is COc1c(C)ccc(O[C@@H]2CC[C@H](N)C2)c1-c1cc(Nc2cnc(C#N)cn2)n[nH]1. The molecule has 4 rings (SSSR count). The van der Waals surface area contributed by atoms with Gasteiger partial charge in [0.05, 0.1) is 30.8 Å². The Bertz CT molecular complexity index is 1070. The second-order valence-electron chi connectivity index (χ2n) is 7.29. The minimum absolute atomic E-state index is 0.0839. The normalized spacial score (nSPS) is 18.1. The summed E-state index contributed by atoms with van der Waals surface area (Å²) in [6.45, 7) is 1.99. The standard InChI is InChI=1S/C21H23N7O2/c1-12-3-6-17(30-15-5-4-13(23)7-15)20(21(12)29-2)16-8-18(28-27-16)26-19-11-24-14(9-22)10-25-19/h3,6,8,10-11,13,15H,4-5,7,23H2,1-2H3,(H2,25,26,27,28)/t13-,15+/m0/s1. The maximum atomic E-state index is 8.84. The van der Waals surface area contributed by atoms with Crippen molar-refractivity contribution in [1.82, 2.24) is 20.2 Å². The fourth-order valence-corrected chi connectivity index (χ4v) is 3.64. The summed E-state index contributed by atoms with van der Waals surface area (Å²) in [5.74, 6) is 2.49. The average Bonchev–Trinajstić information content (AvgIpc) is 3.38. The topological polar surface area (TPSA) is 135 Å². The van der Waals surface area contributed by atoms with Crippen molar-refractivity contribution >= 4 is 11.6 Å². The van der Waals surface area contributed by atoms with Gasteiger partial charge in [0.15, 0.2) is 11.5 Å². The van der Waals surface area contributed by atoms with Crippen LogP contribution >= 0.6 is 0 Å². The van der Waals surface area contributed by atoms with E-state index in [9.17, 15) is 0 Å². The lowest BCUT2D eigenvalue weighted by Crippen LogP contribution is -2.19. The van der Waals surface area contributed by atoms with Gasteiger partial charge >= 0.3 is 0 Å². The van der Waals surface area contributed by atoms with Gasteiger partial charge in [-0.15, -0.1) is 0 Å². The largest absolute Gasteiger partial charge is 0.496 e. The molecule has 4 N–H and O–H groups in total. The zero-order chi connectivity index (χ0) is 21.1. The molecule has 0 unspecified atom stereocenters. The average molecular weight is 405 g/mol. The van der Waals surface area contributed by atoms with E-state index < -0.39 is 0 Å². The molecule has 30 heavy (non-hydrogen) atoms. The number of nitrogens with one attached hydrogen (secondary N) is 2. The number of benzene rings is 1. The molecule has 9 nitrogen and oxygen atoms in total. The molecule has 2 heterocycles. The van der Waals surface area contributed by atoms with Gasteiger partial charge in [0.25, 0.3) is 0 Å². The number of aromatic amines is 1. The van der Waals surface area contributed by atoms with E-state index in [1.165, 1.54) is 12.4 Å². The van der Waals surface area contributed by atoms with Crippen LogP contribution in [0.4, 0.5) is 11.6 Å². The van der Waals surface area contributed by atoms with E-state index in [0.29, 0.717) is 11.6 Å². The van der Waals surface area contributed by atoms with Crippen LogP contribution in [0.25, 0.3) is 11.3 Å². The van der Waals surface area contributed by atoms with E-state index >= 15 is 0 Å². The van der Waals surface area contributed by atoms with Gasteiger partial charge in [-0.3, -0.25) is 5.10 Å². The number of ether oxygens (including phenoxy) is 2. The molecule has 9 heteroatoms. The summed E-state index contributed by atoms with van der Waals surface area (Å²) in [5.41, 5.74) is 8.84. The van der Waals surface area contributed by atoms with Crippen LogP contribution in [0.1, 0.15) is 30.5 Å². The predicted octanol–water partition coefficient (Wildman–Crippen LogP) is 3.06. The van der Waals surface area contributed by atoms with E-state index in [1.54, 1.807) is 7.11 Å². The summed E-state index contributed by atoms with van der Waals surface area (Å²) in [7, 11) is 1.64. The number of nitrogens with two attached hydrogens (primary N) is 1. The summed E-state index contributed by atoms with van der Waals surface area (Å²) in [6.07, 6.45) is 5.70. The Morgan fingerprint density at radius 3 is 2.77 bits per heavy atom. The molecule has 1 fully saturated rings. The van der Waals surface area contributed by atoms with Gasteiger partial charge in [0.2, 0.25) is 0 Å². The monoisotopic (exact) mass is 405 g/mol. The van der Waals surface area contributed by atoms with E-state index in [0.717, 1.165) is 47.6 Å². The van der Waals surface area contributed by atoms with Gasteiger partial charge in [-0.1, -0.05) is 6.07 Å². The number of hydrogen-bond donors (Lipinski definition) is 3. The Morgan fingerprint density at radius 2 is 2.10 bits per heavy atom. The van der Waals surface area contributed by atoms with Crippen molar-refractivity contribution in [3.63, 3.8) is 0 Å². The van der Waals surface area contributed by atoms with Crippen molar-refractivity contribution in [1.29, 1.82) is 5.26 Å². The third-order valence-corrected chi connectivity index (χ3v) is 5.11. The van der Waals surface area contributed by atoms with Crippen molar-refractivity contribution in [2.24, 2.45) is 5.73 Å². The van der Waals surface area contributed by atoms with Gasteiger partial charge in [-0.2, -0.15) is 10.4 Å². The van der Waals surface area contributed by atoms with Crippen molar-refractivity contribution < 1.29 is 9.47 Å². The lowest BCUT2D eigenvalue weighted by molar-refractivity contribution is 0.208. The molecule has 0 amide bonds. The number of nitrogens with zero attached hydrogens (tertiary/aromatic N) is 4. The highest BCUT2D eigenvalue weighted by Crippen LogP contribution is 2.42. The quantitative estimate of drug-likeness (QED) is 0.569. The highest BCUT2D eigenvalue weighted by Gasteiger charge is 2.26. The number of rotatable bonds is 6. The number of hydrogen-bond acceptors (Lipinski definition) is 8. The molecular formula is C21H23N7O2. The van der Waals surface area contributed by atoms with Gasteiger partial charge in [-0.25, -0.2) is 9.97 Å². The van der Waals surface area contributed by atoms with E-state index in [-0.39, 0.29) is 17.8 Å². The Kier molecular flexibility index (Phi) is 5.50. The third-order valence-electron chi connectivity index (χ3n) is 5.11. The lowest BCUT2D eigenvalue weighted by Gasteiger charge is -2.19. The summed E-state index contributed by atoms with van der Waals surface area (Å²) < 4.78 is 12.0. The molecule has 1 aliphatic rings. The van der Waals surface area contributed by atoms with Crippen molar-refractivity contribution in [2.45, 2.75) is 38.3 Å². The van der Waals surface area contributed by atoms with Gasteiger partial charge in [0.1, 0.15) is 29.5 Å². The summed E-state index contributed by atoms with van der Waals surface area (Å²) in [5, 5.41) is 19.3. The predicted molar refractivity (Wildman–Crippen MR) is 112 cm³/mol. The first-order valence-electron chi connectivity index (χ1n) is 9.72. The van der Waals surface area contributed by atoms with E-state index in [4.69, 9.17) is 20.5 Å². The van der Waals surface area contributed by atoms with Crippen LogP contribution in [0.15, 0.2) is 30.6 Å². The molecule has 1 aliphatic carbocycles. The molecule has 0 spiro atoms. The number of anilines is 2. The molecule has 0 saturated heterocycles. The Hall–Kier alpha value is -3.64. The lowest BCUT2D eigenvalue weighted by atomic mass is 10.0. The van der Waals surface area contributed by atoms with Crippen LogP contribution in [-0.4, -0.2) is 39.4 Å². The van der Waals surface area contributed by atoms with Crippen LogP contribution in [0.5, 0.6) is 11.5 Å². The minimum Gasteiger partial charge on any atom is -0.496 e. The van der Waals surface area contributed by atoms with Crippen molar-refractivity contribution in [2.75, 3.05) is 12.4 Å². The zero-order valence-electron chi connectivity index (χ0n) is 16.8. The zero-order valence-corrected chi connectivity index (χ0v) is 16.8. The molecule has 1 aromatic carbocycles. The second kappa shape index (κ2) is 8.39. The molecule has 1 saturated carbocycles. The van der Waals surface area contributed by atoms with Crippen LogP contribution in [0.3, 0.4) is 0 Å². The first-order chi connectivity index (χ1) is 14.6. The van der Waals surface area contributed by atoms with E-state index in [2.05, 4.69) is 25.5 Å². The Balaban J connectivity index is 1.63. The molecule has 2 atom stereocenters. The van der Waals surface area contributed by atoms with Crippen LogP contribution < -0.4 is 20.5 Å². The number of aromatic nitrogens is 4. The number of aryl methyl sites for hydroxylation is 1. The molecule has 154 valence electrons. The summed E-state index contributed by atoms with van der Waals surface area (Å²) in [4.78, 5) is 8.16. The number of H-pyrrole nitrogens is 1. The molecule has 2 aromatic heterocycles. The number of methoxy groups -OCH3 is 1. The van der Waals surface area contributed by atoms with E-state index in [1.807, 2.05) is 31.2 Å². The molecule has 0 aliphatic heterocycles. The van der Waals surface area contributed by atoms with Crippen LogP contribution in [0, 0.1) is 18.3 Å². The molecule has 0 radical (unpaired) electrons. The maximum Gasteiger partial charge on any atom is 0.158 e. The first-order valence-corrected chi connectivity index (χ1v) is 9.72. The molecule has 0 bridgehead atoms. The molecular weight excluding hydrogens is 382 g/mol.